The first kappa shape index (κ1) is 12.1. The molecule has 0 aliphatic rings. The summed E-state index contributed by atoms with van der Waals surface area (Å²) in [5.41, 5.74) is 1.77. The van der Waals surface area contributed by atoms with E-state index < -0.39 is 0 Å². The molecule has 4 heteroatoms. The standard InChI is InChI=1S/C12H15N3O/c1-4-14-12(9-15-13-2)10-5-7-11(16-3)8-6-10/h5-9H,2,4H2,1,3H3/b14-12?,15-9-. The van der Waals surface area contributed by atoms with Crippen LogP contribution in [0, 0.1) is 0 Å². The molecule has 0 saturated carbocycles. The van der Waals surface area contributed by atoms with E-state index in [0.29, 0.717) is 6.54 Å². The second kappa shape index (κ2) is 6.50. The molecule has 0 aliphatic heterocycles. The molecule has 0 heterocycles. The zero-order chi connectivity index (χ0) is 11.8. The van der Waals surface area contributed by atoms with Crippen LogP contribution in [0.4, 0.5) is 0 Å². The molecule has 1 aromatic carbocycles. The molecule has 0 amide bonds. The van der Waals surface area contributed by atoms with E-state index in [9.17, 15) is 0 Å². The molecule has 16 heavy (non-hydrogen) atoms. The number of ether oxygens (including phenoxy) is 1. The molecule has 0 saturated heterocycles. The maximum atomic E-state index is 5.09. The van der Waals surface area contributed by atoms with Crippen LogP contribution in [0.2, 0.25) is 0 Å². The van der Waals surface area contributed by atoms with Gasteiger partial charge in [0.1, 0.15) is 5.75 Å². The minimum absolute atomic E-state index is 0.699. The molecule has 0 spiro atoms. The lowest BCUT2D eigenvalue weighted by atomic mass is 10.1. The van der Waals surface area contributed by atoms with Gasteiger partial charge < -0.3 is 4.74 Å². The molecule has 0 N–H and O–H groups in total. The molecule has 0 bridgehead atoms. The van der Waals surface area contributed by atoms with Crippen LogP contribution in [0.1, 0.15) is 12.5 Å². The van der Waals surface area contributed by atoms with Crippen molar-refractivity contribution in [3.63, 3.8) is 0 Å². The Bertz CT molecular complexity index is 393. The predicted octanol–water partition coefficient (Wildman–Crippen LogP) is 2.19. The van der Waals surface area contributed by atoms with E-state index in [1.807, 2.05) is 31.2 Å². The van der Waals surface area contributed by atoms with E-state index in [0.717, 1.165) is 17.0 Å². The van der Waals surface area contributed by atoms with Crippen molar-refractivity contribution in [2.75, 3.05) is 13.7 Å². The van der Waals surface area contributed by atoms with Gasteiger partial charge in [-0.25, -0.2) is 0 Å². The van der Waals surface area contributed by atoms with Gasteiger partial charge in [-0.2, -0.15) is 10.2 Å². The van der Waals surface area contributed by atoms with Gasteiger partial charge in [0, 0.05) is 18.8 Å². The molecule has 1 rings (SSSR count). The quantitative estimate of drug-likeness (QED) is 0.551. The monoisotopic (exact) mass is 217 g/mol. The van der Waals surface area contributed by atoms with Crippen molar-refractivity contribution >= 4 is 18.6 Å². The molecule has 0 unspecified atom stereocenters. The third-order valence-electron chi connectivity index (χ3n) is 1.98. The van der Waals surface area contributed by atoms with E-state index in [-0.39, 0.29) is 0 Å². The molecular formula is C12H15N3O. The number of aliphatic imine (C=N–C) groups is 1. The second-order valence-electron chi connectivity index (χ2n) is 2.97. The normalized spacial score (nSPS) is 11.8. The Morgan fingerprint density at radius 1 is 1.38 bits per heavy atom. The zero-order valence-electron chi connectivity index (χ0n) is 9.55. The van der Waals surface area contributed by atoms with Gasteiger partial charge in [0.25, 0.3) is 0 Å². The first-order valence-corrected chi connectivity index (χ1v) is 4.99. The van der Waals surface area contributed by atoms with Crippen molar-refractivity contribution in [3.8, 4) is 5.75 Å². The van der Waals surface area contributed by atoms with Crippen molar-refractivity contribution in [2.24, 2.45) is 15.2 Å². The van der Waals surface area contributed by atoms with Gasteiger partial charge in [0.05, 0.1) is 19.0 Å². The highest BCUT2D eigenvalue weighted by atomic mass is 16.5. The van der Waals surface area contributed by atoms with Gasteiger partial charge in [-0.3, -0.25) is 4.99 Å². The van der Waals surface area contributed by atoms with Crippen LogP contribution in [0.25, 0.3) is 0 Å². The maximum Gasteiger partial charge on any atom is 0.118 e. The molecular weight excluding hydrogens is 202 g/mol. The number of methoxy groups -OCH3 is 1. The molecule has 0 aliphatic carbocycles. The SMILES string of the molecule is C=N/N=C\C(=NCC)c1ccc(OC)cc1. The molecule has 0 fully saturated rings. The van der Waals surface area contributed by atoms with Crippen LogP contribution in [-0.2, 0) is 0 Å². The van der Waals surface area contributed by atoms with Crippen LogP contribution >= 0.6 is 0 Å². The summed E-state index contributed by atoms with van der Waals surface area (Å²) in [7, 11) is 1.64. The fourth-order valence-electron chi connectivity index (χ4n) is 1.23. The van der Waals surface area contributed by atoms with Crippen molar-refractivity contribution < 1.29 is 4.74 Å². The fraction of sp³-hybridized carbons (Fsp3) is 0.250. The molecule has 0 radical (unpaired) electrons. The van der Waals surface area contributed by atoms with E-state index >= 15 is 0 Å². The Morgan fingerprint density at radius 2 is 2.06 bits per heavy atom. The lowest BCUT2D eigenvalue weighted by Gasteiger charge is -2.02. The summed E-state index contributed by atoms with van der Waals surface area (Å²) in [4.78, 5) is 4.33. The lowest BCUT2D eigenvalue weighted by Crippen LogP contribution is -2.03. The first-order chi connectivity index (χ1) is 7.81. The summed E-state index contributed by atoms with van der Waals surface area (Å²) in [6, 6.07) is 7.64. The number of hydrogen-bond acceptors (Lipinski definition) is 4. The third kappa shape index (κ3) is 3.31. The minimum atomic E-state index is 0.699. The Morgan fingerprint density at radius 3 is 2.56 bits per heavy atom. The predicted molar refractivity (Wildman–Crippen MR) is 68.1 cm³/mol. The van der Waals surface area contributed by atoms with E-state index in [4.69, 9.17) is 4.74 Å². The Balaban J connectivity index is 2.97. The summed E-state index contributed by atoms with van der Waals surface area (Å²) in [5, 5.41) is 7.17. The highest BCUT2D eigenvalue weighted by Crippen LogP contribution is 2.11. The van der Waals surface area contributed by atoms with Crippen molar-refractivity contribution in [1.29, 1.82) is 0 Å². The molecule has 1 aromatic rings. The number of hydrogen-bond donors (Lipinski definition) is 0. The van der Waals surface area contributed by atoms with Gasteiger partial charge >= 0.3 is 0 Å². The van der Waals surface area contributed by atoms with Crippen LogP contribution in [0.3, 0.4) is 0 Å². The summed E-state index contributed by atoms with van der Waals surface area (Å²) >= 11 is 0. The van der Waals surface area contributed by atoms with Crippen LogP contribution in [0.15, 0.2) is 39.5 Å². The largest absolute Gasteiger partial charge is 0.497 e. The Kier molecular flexibility index (Phi) is 4.92. The van der Waals surface area contributed by atoms with Gasteiger partial charge in [-0.15, -0.1) is 0 Å². The second-order valence-corrected chi connectivity index (χ2v) is 2.97. The van der Waals surface area contributed by atoms with E-state index in [1.165, 1.54) is 0 Å². The van der Waals surface area contributed by atoms with E-state index in [1.54, 1.807) is 13.3 Å². The molecule has 84 valence electrons. The average molecular weight is 217 g/mol. The highest BCUT2D eigenvalue weighted by molar-refractivity contribution is 6.38. The smallest absolute Gasteiger partial charge is 0.118 e. The number of rotatable bonds is 5. The summed E-state index contributed by atoms with van der Waals surface area (Å²) in [6.07, 6.45) is 1.60. The highest BCUT2D eigenvalue weighted by Gasteiger charge is 2.00. The van der Waals surface area contributed by atoms with Crippen molar-refractivity contribution in [3.05, 3.63) is 29.8 Å². The third-order valence-corrected chi connectivity index (χ3v) is 1.98. The molecule has 4 nitrogen and oxygen atoms in total. The van der Waals surface area contributed by atoms with E-state index in [2.05, 4.69) is 21.9 Å². The van der Waals surface area contributed by atoms with Crippen LogP contribution in [0.5, 0.6) is 5.75 Å². The summed E-state index contributed by atoms with van der Waals surface area (Å²) in [6.45, 7) is 5.96. The van der Waals surface area contributed by atoms with Gasteiger partial charge in [-0.1, -0.05) is 0 Å². The Labute approximate surface area is 95.4 Å². The first-order valence-electron chi connectivity index (χ1n) is 4.99. The summed E-state index contributed by atoms with van der Waals surface area (Å²) < 4.78 is 5.09. The van der Waals surface area contributed by atoms with Gasteiger partial charge in [0.2, 0.25) is 0 Å². The minimum Gasteiger partial charge on any atom is -0.497 e. The topological polar surface area (TPSA) is 46.3 Å². The van der Waals surface area contributed by atoms with Gasteiger partial charge in [-0.05, 0) is 31.2 Å². The summed E-state index contributed by atoms with van der Waals surface area (Å²) in [5.74, 6) is 0.818. The maximum absolute atomic E-state index is 5.09. The van der Waals surface area contributed by atoms with Crippen LogP contribution < -0.4 is 4.74 Å². The van der Waals surface area contributed by atoms with Crippen LogP contribution in [-0.4, -0.2) is 32.3 Å². The fourth-order valence-corrected chi connectivity index (χ4v) is 1.23. The zero-order valence-corrected chi connectivity index (χ0v) is 9.55. The number of benzene rings is 1. The Hall–Kier alpha value is -1.97. The average Bonchev–Trinajstić information content (AvgIpc) is 2.35. The lowest BCUT2D eigenvalue weighted by molar-refractivity contribution is 0.415. The molecule has 0 aromatic heterocycles. The van der Waals surface area contributed by atoms with Crippen molar-refractivity contribution in [1.82, 2.24) is 0 Å². The van der Waals surface area contributed by atoms with Crippen molar-refractivity contribution in [2.45, 2.75) is 6.92 Å². The number of nitrogens with zero attached hydrogens (tertiary/aromatic N) is 3. The van der Waals surface area contributed by atoms with Gasteiger partial charge in [0.15, 0.2) is 0 Å². The molecule has 0 atom stereocenters.